The van der Waals surface area contributed by atoms with Gasteiger partial charge in [-0.15, -0.1) is 11.6 Å². The number of carbonyl (C=O) groups is 1. The zero-order chi connectivity index (χ0) is 11.3. The van der Waals surface area contributed by atoms with Gasteiger partial charge >= 0.3 is 0 Å². The van der Waals surface area contributed by atoms with Crippen molar-refractivity contribution in [1.82, 2.24) is 0 Å². The molecule has 0 unspecified atom stereocenters. The molecule has 0 aliphatic rings. The predicted octanol–water partition coefficient (Wildman–Crippen LogP) is 2.13. The molecule has 0 heterocycles. The second kappa shape index (κ2) is 5.95. The zero-order valence-electron chi connectivity index (χ0n) is 7.87. The molecule has 0 saturated heterocycles. The Labute approximate surface area is 97.6 Å². The van der Waals surface area contributed by atoms with Gasteiger partial charge in [-0.1, -0.05) is 11.6 Å². The normalized spacial score (nSPS) is 10.1. The van der Waals surface area contributed by atoms with Crippen molar-refractivity contribution >= 4 is 29.0 Å². The molecule has 0 aliphatic heterocycles. The van der Waals surface area contributed by atoms with Gasteiger partial charge < -0.3 is 9.84 Å². The third kappa shape index (κ3) is 3.38. The second-order valence-corrected chi connectivity index (χ2v) is 3.45. The van der Waals surface area contributed by atoms with Gasteiger partial charge in [0.15, 0.2) is 5.78 Å². The summed E-state index contributed by atoms with van der Waals surface area (Å²) in [5.41, 5.74) is 0.450. The Bertz CT molecular complexity index is 353. The number of benzene rings is 1. The summed E-state index contributed by atoms with van der Waals surface area (Å²) in [6.45, 7) is 0.0845. The zero-order valence-corrected chi connectivity index (χ0v) is 9.38. The topological polar surface area (TPSA) is 46.5 Å². The minimum atomic E-state index is -0.188. The minimum Gasteiger partial charge on any atom is -0.490 e. The number of carbonyl (C=O) groups excluding carboxylic acids is 1. The van der Waals surface area contributed by atoms with E-state index in [1.165, 1.54) is 6.07 Å². The third-order valence-corrected chi connectivity index (χ3v) is 2.26. The summed E-state index contributed by atoms with van der Waals surface area (Å²) in [7, 11) is 0. The Balaban J connectivity index is 2.83. The lowest BCUT2D eigenvalue weighted by atomic mass is 10.1. The smallest absolute Gasteiger partial charge is 0.177 e. The van der Waals surface area contributed by atoms with E-state index in [9.17, 15) is 4.79 Å². The molecule has 5 heteroatoms. The lowest BCUT2D eigenvalue weighted by Crippen LogP contribution is -2.04. The van der Waals surface area contributed by atoms with Gasteiger partial charge in [-0.05, 0) is 18.2 Å². The van der Waals surface area contributed by atoms with E-state index < -0.39 is 0 Å². The van der Waals surface area contributed by atoms with Gasteiger partial charge in [-0.2, -0.15) is 0 Å². The van der Waals surface area contributed by atoms with Crippen LogP contribution in [0.1, 0.15) is 10.4 Å². The number of alkyl halides is 1. The maximum absolute atomic E-state index is 11.2. The molecule has 0 atom stereocenters. The molecule has 0 radical (unpaired) electrons. The quantitative estimate of drug-likeness (QED) is 0.642. The molecule has 15 heavy (non-hydrogen) atoms. The summed E-state index contributed by atoms with van der Waals surface area (Å²) in [5, 5.41) is 8.89. The Kier molecular flexibility index (Phi) is 4.88. The van der Waals surface area contributed by atoms with Gasteiger partial charge in [0.25, 0.3) is 0 Å². The van der Waals surface area contributed by atoms with Gasteiger partial charge in [-0.3, -0.25) is 4.79 Å². The molecule has 0 saturated carbocycles. The molecule has 0 fully saturated rings. The van der Waals surface area contributed by atoms with Gasteiger partial charge in [0.05, 0.1) is 17.5 Å². The van der Waals surface area contributed by atoms with E-state index in [4.69, 9.17) is 33.0 Å². The lowest BCUT2D eigenvalue weighted by Gasteiger charge is -2.07. The maximum atomic E-state index is 11.2. The molecule has 1 aromatic rings. The van der Waals surface area contributed by atoms with Crippen molar-refractivity contribution < 1.29 is 14.6 Å². The van der Waals surface area contributed by atoms with Crippen LogP contribution < -0.4 is 4.74 Å². The highest BCUT2D eigenvalue weighted by Crippen LogP contribution is 2.25. The van der Waals surface area contributed by atoms with Gasteiger partial charge in [0, 0.05) is 5.56 Å². The molecule has 1 aromatic carbocycles. The van der Waals surface area contributed by atoms with E-state index in [-0.39, 0.29) is 24.9 Å². The monoisotopic (exact) mass is 248 g/mol. The second-order valence-electron chi connectivity index (χ2n) is 2.77. The van der Waals surface area contributed by atoms with Crippen LogP contribution in [0.5, 0.6) is 5.75 Å². The fraction of sp³-hybridized carbons (Fsp3) is 0.300. The number of ether oxygens (including phenoxy) is 1. The third-order valence-electron chi connectivity index (χ3n) is 1.72. The summed E-state index contributed by atoms with van der Waals surface area (Å²) in [4.78, 5) is 11.2. The van der Waals surface area contributed by atoms with Crippen LogP contribution in [0.15, 0.2) is 18.2 Å². The molecule has 0 spiro atoms. The minimum absolute atomic E-state index is 0.0762. The highest BCUT2D eigenvalue weighted by Gasteiger charge is 2.08. The van der Waals surface area contributed by atoms with Crippen LogP contribution in [0, 0.1) is 0 Å². The standard InChI is InChI=1S/C10H10Cl2O3/c11-6-9(14)7-1-2-10(8(12)5-7)15-4-3-13/h1-2,5,13H,3-4,6H2. The van der Waals surface area contributed by atoms with E-state index in [2.05, 4.69) is 0 Å². The van der Waals surface area contributed by atoms with E-state index in [0.717, 1.165) is 0 Å². The van der Waals surface area contributed by atoms with Crippen molar-refractivity contribution in [1.29, 1.82) is 0 Å². The van der Waals surface area contributed by atoms with Crippen LogP contribution in [0.25, 0.3) is 0 Å². The fourth-order valence-corrected chi connectivity index (χ4v) is 1.41. The van der Waals surface area contributed by atoms with Crippen LogP contribution in [0.4, 0.5) is 0 Å². The summed E-state index contributed by atoms with van der Waals surface area (Å²) < 4.78 is 5.13. The van der Waals surface area contributed by atoms with Crippen LogP contribution in [-0.2, 0) is 0 Å². The first kappa shape index (κ1) is 12.3. The Hall–Kier alpha value is -0.770. The maximum Gasteiger partial charge on any atom is 0.177 e. The Morgan fingerprint density at radius 1 is 1.47 bits per heavy atom. The van der Waals surface area contributed by atoms with Crippen molar-refractivity contribution in [2.45, 2.75) is 0 Å². The number of rotatable bonds is 5. The van der Waals surface area contributed by atoms with Crippen molar-refractivity contribution in [2.75, 3.05) is 19.1 Å². The molecular formula is C10H10Cl2O3. The molecule has 1 rings (SSSR count). The number of aliphatic hydroxyl groups is 1. The predicted molar refractivity (Wildman–Crippen MR) is 59.1 cm³/mol. The first-order chi connectivity index (χ1) is 7.19. The Morgan fingerprint density at radius 3 is 2.73 bits per heavy atom. The first-order valence-electron chi connectivity index (χ1n) is 4.31. The molecule has 0 amide bonds. The van der Waals surface area contributed by atoms with Gasteiger partial charge in [-0.25, -0.2) is 0 Å². The van der Waals surface area contributed by atoms with Crippen LogP contribution in [0.3, 0.4) is 0 Å². The first-order valence-corrected chi connectivity index (χ1v) is 5.22. The number of aliphatic hydroxyl groups excluding tert-OH is 1. The van der Waals surface area contributed by atoms with E-state index in [1.807, 2.05) is 0 Å². The van der Waals surface area contributed by atoms with Crippen LogP contribution >= 0.6 is 23.2 Å². The number of halogens is 2. The van der Waals surface area contributed by atoms with E-state index in [1.54, 1.807) is 12.1 Å². The molecular weight excluding hydrogens is 239 g/mol. The molecule has 0 aliphatic carbocycles. The molecule has 0 aromatic heterocycles. The summed E-state index contributed by atoms with van der Waals surface area (Å²) >= 11 is 11.3. The van der Waals surface area contributed by atoms with Crippen molar-refractivity contribution in [3.63, 3.8) is 0 Å². The van der Waals surface area contributed by atoms with Gasteiger partial charge in [0.2, 0.25) is 0 Å². The van der Waals surface area contributed by atoms with Crippen molar-refractivity contribution in [3.05, 3.63) is 28.8 Å². The van der Waals surface area contributed by atoms with Gasteiger partial charge in [0.1, 0.15) is 12.4 Å². The number of hydrogen-bond acceptors (Lipinski definition) is 3. The summed E-state index contributed by atoms with van der Waals surface area (Å²) in [6, 6.07) is 4.67. The highest BCUT2D eigenvalue weighted by molar-refractivity contribution is 6.33. The van der Waals surface area contributed by atoms with E-state index in [0.29, 0.717) is 16.3 Å². The molecule has 0 bridgehead atoms. The number of ketones is 1. The SMILES string of the molecule is O=C(CCl)c1ccc(OCCO)c(Cl)c1. The lowest BCUT2D eigenvalue weighted by molar-refractivity contribution is 0.102. The summed E-state index contributed by atoms with van der Waals surface area (Å²) in [6.07, 6.45) is 0. The number of Topliss-reactive ketones (excluding diaryl/α,β-unsaturated/α-hetero) is 1. The Morgan fingerprint density at radius 2 is 2.20 bits per heavy atom. The molecule has 82 valence electrons. The van der Waals surface area contributed by atoms with E-state index >= 15 is 0 Å². The van der Waals surface area contributed by atoms with Crippen molar-refractivity contribution in [2.24, 2.45) is 0 Å². The average Bonchev–Trinajstić information content (AvgIpc) is 2.26. The summed E-state index contributed by atoms with van der Waals surface area (Å²) in [5.74, 6) is 0.178. The van der Waals surface area contributed by atoms with Crippen LogP contribution in [-0.4, -0.2) is 30.0 Å². The largest absolute Gasteiger partial charge is 0.490 e. The fourth-order valence-electron chi connectivity index (χ4n) is 1.02. The molecule has 1 N–H and O–H groups in total. The average molecular weight is 249 g/mol. The van der Waals surface area contributed by atoms with Crippen molar-refractivity contribution in [3.8, 4) is 5.75 Å². The highest BCUT2D eigenvalue weighted by atomic mass is 35.5. The molecule has 3 nitrogen and oxygen atoms in total. The van der Waals surface area contributed by atoms with Crippen LogP contribution in [0.2, 0.25) is 5.02 Å². The number of hydrogen-bond donors (Lipinski definition) is 1.